The zero-order chi connectivity index (χ0) is 40.2. The third kappa shape index (κ3) is 8.16. The number of halogens is 5. The summed E-state index contributed by atoms with van der Waals surface area (Å²) in [6.45, 7) is 5.72. The number of rotatable bonds is 10. The van der Waals surface area contributed by atoms with Crippen molar-refractivity contribution in [2.24, 2.45) is 13.0 Å². The number of hydrogen-bond acceptors (Lipinski definition) is 8. The molecule has 6 rings (SSSR count). The van der Waals surface area contributed by atoms with E-state index in [2.05, 4.69) is 38.7 Å². The van der Waals surface area contributed by atoms with Crippen molar-refractivity contribution >= 4 is 50.1 Å². The minimum Gasteiger partial charge on any atom is -0.382 e. The molecule has 5 aromatic rings. The number of allylic oxidation sites excluding steroid dienone is 1. The fourth-order valence-electron chi connectivity index (χ4n) is 6.62. The van der Waals surface area contributed by atoms with Gasteiger partial charge in [-0.25, -0.2) is 22.2 Å². The number of sulfonamides is 1. The summed E-state index contributed by atoms with van der Waals surface area (Å²) >= 11 is 6.59. The molecule has 0 bridgehead atoms. The lowest BCUT2D eigenvalue weighted by atomic mass is 9.93. The summed E-state index contributed by atoms with van der Waals surface area (Å²) in [7, 11) is -2.24. The number of aromatic nitrogens is 5. The maximum atomic E-state index is 15.5. The number of hydrogen-bond donors (Lipinski definition) is 4. The molecule has 2 aromatic carbocycles. The number of nitrogens with one attached hydrogen (secondary N) is 2. The maximum Gasteiger partial charge on any atom is 0.296 e. The van der Waals surface area contributed by atoms with Gasteiger partial charge in [-0.05, 0) is 68.5 Å². The van der Waals surface area contributed by atoms with E-state index in [1.54, 1.807) is 25.2 Å². The standard InChI is InChI=1S/C37H35ClF4N8O4S/c1-6-20-16-26-33(37(20,41)42)50(46-34(26)43)18-29(51)45-28(15-19-13-21(39)17-22(40)14-19)31-24(8-7-23(44-31)11-12-36(2,3)52)25-9-10-27(38)30-32(25)49(4)47-35(30)48-55(5,53)54/h6-10,13-14,17,20,28,52H,1,15-16,18H2,2-5H3,(H2,43,46)(H,45,51)(H,47,48)/t20-,28+/m1/s1. The average molecular weight is 799 g/mol. The first kappa shape index (κ1) is 39.3. The number of nitrogens with two attached hydrogens (primary N) is 1. The van der Waals surface area contributed by atoms with Crippen LogP contribution in [-0.2, 0) is 47.2 Å². The molecule has 12 nitrogen and oxygen atoms in total. The quantitative estimate of drug-likeness (QED) is 0.0829. The number of nitrogen functional groups attached to an aromatic ring is 1. The second-order valence-corrected chi connectivity index (χ2v) is 15.9. The minimum atomic E-state index is -3.80. The summed E-state index contributed by atoms with van der Waals surface area (Å²) < 4.78 is 89.0. The molecule has 1 aliphatic carbocycles. The van der Waals surface area contributed by atoms with E-state index >= 15 is 8.78 Å². The molecule has 0 aliphatic heterocycles. The Kier molecular flexibility index (Phi) is 10.2. The van der Waals surface area contributed by atoms with Crippen molar-refractivity contribution < 1.29 is 35.9 Å². The molecule has 0 saturated carbocycles. The molecule has 1 aliphatic rings. The maximum absolute atomic E-state index is 15.5. The van der Waals surface area contributed by atoms with E-state index in [0.29, 0.717) is 22.7 Å². The van der Waals surface area contributed by atoms with Crippen LogP contribution in [-0.4, -0.2) is 55.8 Å². The van der Waals surface area contributed by atoms with Gasteiger partial charge in [-0.15, -0.1) is 6.58 Å². The molecule has 0 unspecified atom stereocenters. The fraction of sp³-hybridized carbons (Fsp3) is 0.297. The van der Waals surface area contributed by atoms with Gasteiger partial charge < -0.3 is 16.2 Å². The van der Waals surface area contributed by atoms with Crippen molar-refractivity contribution in [3.05, 3.63) is 100.0 Å². The van der Waals surface area contributed by atoms with E-state index < -0.39 is 63.3 Å². The number of carbonyl (C=O) groups excluding carboxylic acids is 1. The summed E-state index contributed by atoms with van der Waals surface area (Å²) in [6.07, 6.45) is 1.69. The van der Waals surface area contributed by atoms with Crippen LogP contribution in [0, 0.1) is 29.4 Å². The van der Waals surface area contributed by atoms with Crippen molar-refractivity contribution in [2.45, 2.75) is 50.8 Å². The predicted octanol–water partition coefficient (Wildman–Crippen LogP) is 5.39. The molecule has 0 radical (unpaired) electrons. The topological polar surface area (TPSA) is 170 Å². The molecule has 5 N–H and O–H groups in total. The molecule has 3 heterocycles. The summed E-state index contributed by atoms with van der Waals surface area (Å²) in [6, 6.07) is 7.88. The third-order valence-corrected chi connectivity index (χ3v) is 9.70. The Morgan fingerprint density at radius 3 is 2.49 bits per heavy atom. The largest absolute Gasteiger partial charge is 0.382 e. The van der Waals surface area contributed by atoms with Gasteiger partial charge in [-0.1, -0.05) is 29.7 Å². The van der Waals surface area contributed by atoms with Crippen LogP contribution in [0.25, 0.3) is 22.0 Å². The lowest BCUT2D eigenvalue weighted by Gasteiger charge is -2.23. The zero-order valence-corrected chi connectivity index (χ0v) is 31.5. The first-order chi connectivity index (χ1) is 25.6. The van der Waals surface area contributed by atoms with E-state index in [1.807, 2.05) is 0 Å². The van der Waals surface area contributed by atoms with E-state index in [-0.39, 0.29) is 57.4 Å². The number of pyridine rings is 1. The smallest absolute Gasteiger partial charge is 0.296 e. The van der Waals surface area contributed by atoms with Crippen LogP contribution in [0.15, 0.2) is 55.1 Å². The van der Waals surface area contributed by atoms with Crippen LogP contribution < -0.4 is 15.8 Å². The van der Waals surface area contributed by atoms with Crippen LogP contribution in [0.3, 0.4) is 0 Å². The van der Waals surface area contributed by atoms with Gasteiger partial charge in [0.05, 0.1) is 39.8 Å². The van der Waals surface area contributed by atoms with Gasteiger partial charge in [0.2, 0.25) is 15.9 Å². The Labute approximate surface area is 318 Å². The minimum absolute atomic E-state index is 0.0596. The number of nitrogens with zero attached hydrogens (tertiary/aromatic N) is 5. The average Bonchev–Trinajstić information content (AvgIpc) is 3.66. The first-order valence-corrected chi connectivity index (χ1v) is 18.9. The molecular formula is C37H35ClF4N8O4S. The summed E-state index contributed by atoms with van der Waals surface area (Å²) in [4.78, 5) is 18.7. The predicted molar refractivity (Wildman–Crippen MR) is 199 cm³/mol. The molecule has 0 fully saturated rings. The summed E-state index contributed by atoms with van der Waals surface area (Å²) in [5.41, 5.74) is 5.57. The van der Waals surface area contributed by atoms with Crippen molar-refractivity contribution in [3.63, 3.8) is 0 Å². The third-order valence-electron chi connectivity index (χ3n) is 8.82. The van der Waals surface area contributed by atoms with E-state index in [4.69, 9.17) is 22.3 Å². The van der Waals surface area contributed by atoms with Crippen LogP contribution in [0.1, 0.15) is 48.1 Å². The second kappa shape index (κ2) is 14.3. The van der Waals surface area contributed by atoms with E-state index in [9.17, 15) is 27.1 Å². The van der Waals surface area contributed by atoms with Gasteiger partial charge in [0.1, 0.15) is 41.0 Å². The van der Waals surface area contributed by atoms with E-state index in [0.717, 1.165) is 29.1 Å². The highest BCUT2D eigenvalue weighted by Crippen LogP contribution is 2.48. The lowest BCUT2D eigenvalue weighted by Crippen LogP contribution is -2.35. The van der Waals surface area contributed by atoms with Gasteiger partial charge in [0.15, 0.2) is 5.82 Å². The molecule has 1 amide bonds. The number of carbonyl (C=O) groups is 1. The molecular weight excluding hydrogens is 764 g/mol. The Morgan fingerprint density at radius 2 is 1.85 bits per heavy atom. The number of aliphatic hydroxyl groups is 1. The Morgan fingerprint density at radius 1 is 1.18 bits per heavy atom. The number of benzene rings is 2. The van der Waals surface area contributed by atoms with Crippen LogP contribution in [0.5, 0.6) is 0 Å². The van der Waals surface area contributed by atoms with Crippen LogP contribution in [0.4, 0.5) is 29.2 Å². The van der Waals surface area contributed by atoms with E-state index in [1.165, 1.54) is 24.6 Å². The first-order valence-electron chi connectivity index (χ1n) is 16.7. The molecule has 2 atom stereocenters. The Hall–Kier alpha value is -5.44. The summed E-state index contributed by atoms with van der Waals surface area (Å²) in [5, 5.41) is 21.9. The second-order valence-electron chi connectivity index (χ2n) is 13.7. The highest BCUT2D eigenvalue weighted by molar-refractivity contribution is 7.92. The Balaban J connectivity index is 1.53. The fourth-order valence-corrected chi connectivity index (χ4v) is 7.35. The van der Waals surface area contributed by atoms with Crippen molar-refractivity contribution in [2.75, 3.05) is 16.7 Å². The van der Waals surface area contributed by atoms with Crippen molar-refractivity contribution in [1.82, 2.24) is 29.9 Å². The number of fused-ring (bicyclic) bond motifs is 2. The van der Waals surface area contributed by atoms with Crippen molar-refractivity contribution in [3.8, 4) is 23.0 Å². The van der Waals surface area contributed by atoms with Crippen molar-refractivity contribution in [1.29, 1.82) is 0 Å². The number of alkyl halides is 2. The number of amides is 1. The zero-order valence-electron chi connectivity index (χ0n) is 29.9. The van der Waals surface area contributed by atoms with Gasteiger partial charge in [0.25, 0.3) is 5.92 Å². The highest BCUT2D eigenvalue weighted by Gasteiger charge is 2.51. The number of aryl methyl sites for hydroxylation is 1. The van der Waals surface area contributed by atoms with Gasteiger partial charge in [-0.2, -0.15) is 19.0 Å². The lowest BCUT2D eigenvalue weighted by molar-refractivity contribution is -0.123. The Bertz CT molecular complexity index is 2540. The van der Waals surface area contributed by atoms with Gasteiger partial charge in [0, 0.05) is 29.8 Å². The van der Waals surface area contributed by atoms with Crippen LogP contribution >= 0.6 is 11.6 Å². The highest BCUT2D eigenvalue weighted by atomic mass is 35.5. The SMILES string of the molecule is C=C[C@@H]1Cc2c(N)nn(CC(=O)N[C@@H](Cc3cc(F)cc(F)c3)c3nc(C#CC(C)(C)O)ccc3-c3ccc(Cl)c4c(NS(C)(=O)=O)nn(C)c34)c2C1(F)F. The summed E-state index contributed by atoms with van der Waals surface area (Å²) in [5.74, 6) is -2.04. The van der Waals surface area contributed by atoms with Gasteiger partial charge >= 0.3 is 0 Å². The molecule has 288 valence electrons. The molecule has 18 heteroatoms. The molecule has 0 spiro atoms. The van der Waals surface area contributed by atoms with Crippen LogP contribution in [0.2, 0.25) is 5.02 Å². The monoisotopic (exact) mass is 798 g/mol. The number of anilines is 2. The molecule has 55 heavy (non-hydrogen) atoms. The molecule has 0 saturated heterocycles. The molecule has 3 aromatic heterocycles. The van der Waals surface area contributed by atoms with Gasteiger partial charge in [-0.3, -0.25) is 18.9 Å². The normalized spacial score (nSPS) is 15.6.